The van der Waals surface area contributed by atoms with Gasteiger partial charge in [-0.15, -0.1) is 0 Å². The molecule has 3 rings (SSSR count). The molecule has 2 aromatic rings. The maximum absolute atomic E-state index is 14.1. The van der Waals surface area contributed by atoms with Crippen molar-refractivity contribution >= 4 is 0 Å². The number of aliphatic hydroxyl groups is 1. The van der Waals surface area contributed by atoms with Crippen LogP contribution in [0.15, 0.2) is 36.4 Å². The van der Waals surface area contributed by atoms with E-state index in [2.05, 4.69) is 0 Å². The smallest absolute Gasteiger partial charge is 0.194 e. The summed E-state index contributed by atoms with van der Waals surface area (Å²) in [4.78, 5) is 0. The average molecular weight is 292 g/mol. The summed E-state index contributed by atoms with van der Waals surface area (Å²) in [6, 6.07) is 9.17. The van der Waals surface area contributed by atoms with Gasteiger partial charge in [0.25, 0.3) is 0 Å². The van der Waals surface area contributed by atoms with Gasteiger partial charge >= 0.3 is 0 Å². The molecule has 2 unspecified atom stereocenters. The highest BCUT2D eigenvalue weighted by molar-refractivity contribution is 5.45. The number of halogens is 3. The van der Waals surface area contributed by atoms with Crippen molar-refractivity contribution in [3.8, 4) is 0 Å². The Labute approximate surface area is 121 Å². The second kappa shape index (κ2) is 4.88. The third-order valence-electron chi connectivity index (χ3n) is 4.36. The molecule has 4 heteroatoms. The highest BCUT2D eigenvalue weighted by Gasteiger charge is 2.41. The van der Waals surface area contributed by atoms with E-state index in [1.807, 2.05) is 19.1 Å². The molecule has 0 amide bonds. The topological polar surface area (TPSA) is 20.2 Å². The summed E-state index contributed by atoms with van der Waals surface area (Å²) in [5.74, 6) is -3.88. The van der Waals surface area contributed by atoms with Gasteiger partial charge in [0.05, 0.1) is 0 Å². The largest absolute Gasteiger partial charge is 0.380 e. The Bertz CT molecular complexity index is 698. The molecule has 2 atom stereocenters. The molecule has 2 aromatic carbocycles. The van der Waals surface area contributed by atoms with Crippen LogP contribution in [0.2, 0.25) is 0 Å². The molecule has 1 N–H and O–H groups in total. The fourth-order valence-corrected chi connectivity index (χ4v) is 3.14. The molecule has 110 valence electrons. The first kappa shape index (κ1) is 14.1. The number of hydrogen-bond donors (Lipinski definition) is 1. The molecule has 1 aliphatic carbocycles. The molecule has 0 saturated carbocycles. The van der Waals surface area contributed by atoms with Gasteiger partial charge in [-0.05, 0) is 42.0 Å². The van der Waals surface area contributed by atoms with Gasteiger partial charge in [0.15, 0.2) is 17.5 Å². The van der Waals surface area contributed by atoms with Crippen molar-refractivity contribution < 1.29 is 18.3 Å². The van der Waals surface area contributed by atoms with E-state index in [1.54, 1.807) is 12.1 Å². The zero-order valence-corrected chi connectivity index (χ0v) is 11.5. The molecule has 0 spiro atoms. The minimum atomic E-state index is -1.62. The Kier molecular flexibility index (Phi) is 3.29. The van der Waals surface area contributed by atoms with Crippen LogP contribution >= 0.6 is 0 Å². The van der Waals surface area contributed by atoms with Gasteiger partial charge < -0.3 is 5.11 Å². The van der Waals surface area contributed by atoms with E-state index in [1.165, 1.54) is 0 Å². The van der Waals surface area contributed by atoms with Crippen LogP contribution in [0.5, 0.6) is 0 Å². The number of rotatable bonds is 1. The normalized spacial score (nSPS) is 24.7. The molecule has 0 aliphatic heterocycles. The third kappa shape index (κ3) is 2.05. The summed E-state index contributed by atoms with van der Waals surface area (Å²) < 4.78 is 40.7. The van der Waals surface area contributed by atoms with Crippen molar-refractivity contribution in [1.82, 2.24) is 0 Å². The Hall–Kier alpha value is -1.81. The monoisotopic (exact) mass is 292 g/mol. The Morgan fingerprint density at radius 1 is 1.00 bits per heavy atom. The van der Waals surface area contributed by atoms with E-state index >= 15 is 0 Å². The van der Waals surface area contributed by atoms with Gasteiger partial charge in [0.2, 0.25) is 0 Å². The van der Waals surface area contributed by atoms with Crippen LogP contribution in [0.25, 0.3) is 0 Å². The van der Waals surface area contributed by atoms with E-state index in [0.717, 1.165) is 17.7 Å². The molecule has 0 fully saturated rings. The van der Waals surface area contributed by atoms with Crippen molar-refractivity contribution in [2.75, 3.05) is 0 Å². The van der Waals surface area contributed by atoms with E-state index < -0.39 is 23.1 Å². The lowest BCUT2D eigenvalue weighted by Crippen LogP contribution is -2.34. The third-order valence-corrected chi connectivity index (χ3v) is 4.36. The second-order valence-electron chi connectivity index (χ2n) is 5.61. The van der Waals surface area contributed by atoms with Gasteiger partial charge in [-0.2, -0.15) is 0 Å². The summed E-state index contributed by atoms with van der Waals surface area (Å²) in [6.07, 6.45) is 0.916. The molecule has 0 bridgehead atoms. The van der Waals surface area contributed by atoms with Crippen LogP contribution < -0.4 is 0 Å². The molecule has 0 heterocycles. The van der Waals surface area contributed by atoms with Crippen molar-refractivity contribution in [1.29, 1.82) is 0 Å². The quantitative estimate of drug-likeness (QED) is 0.780. The fraction of sp³-hybridized carbons (Fsp3) is 0.294. The molecule has 0 aromatic heterocycles. The lowest BCUT2D eigenvalue weighted by molar-refractivity contribution is 0.0533. The van der Waals surface area contributed by atoms with Crippen LogP contribution in [-0.2, 0) is 5.60 Å². The summed E-state index contributed by atoms with van der Waals surface area (Å²) in [5, 5.41) is 11.0. The predicted octanol–water partition coefficient (Wildman–Crippen LogP) is 4.24. The van der Waals surface area contributed by atoms with Gasteiger partial charge in [-0.3, -0.25) is 0 Å². The highest BCUT2D eigenvalue weighted by atomic mass is 19.2. The summed E-state index contributed by atoms with van der Waals surface area (Å²) in [6.45, 7) is 2.03. The van der Waals surface area contributed by atoms with Gasteiger partial charge in [-0.1, -0.05) is 31.2 Å². The predicted molar refractivity (Wildman–Crippen MR) is 73.4 cm³/mol. The average Bonchev–Trinajstić information content (AvgIpc) is 2.49. The van der Waals surface area contributed by atoms with Crippen LogP contribution in [0.1, 0.15) is 42.4 Å². The summed E-state index contributed by atoms with van der Waals surface area (Å²) >= 11 is 0. The SMILES string of the molecule is CC1CCC(O)(c2ccc(F)c(F)c2F)c2ccccc21. The number of fused-ring (bicyclic) bond motifs is 1. The molecule has 21 heavy (non-hydrogen) atoms. The standard InChI is InChI=1S/C17H15F3O/c1-10-8-9-17(21,12-5-3-2-4-11(10)12)13-6-7-14(18)16(20)15(13)19/h2-7,10,21H,8-9H2,1H3. The molecule has 1 aliphatic rings. The number of benzene rings is 2. The number of hydrogen-bond acceptors (Lipinski definition) is 1. The van der Waals surface area contributed by atoms with E-state index in [4.69, 9.17) is 0 Å². The fourth-order valence-electron chi connectivity index (χ4n) is 3.14. The van der Waals surface area contributed by atoms with Crippen LogP contribution in [0, 0.1) is 17.5 Å². The zero-order valence-electron chi connectivity index (χ0n) is 11.5. The van der Waals surface area contributed by atoms with Crippen LogP contribution in [0.4, 0.5) is 13.2 Å². The lowest BCUT2D eigenvalue weighted by Gasteiger charge is -2.37. The lowest BCUT2D eigenvalue weighted by atomic mass is 9.71. The first-order valence-electron chi connectivity index (χ1n) is 6.91. The van der Waals surface area contributed by atoms with Crippen molar-refractivity contribution in [3.05, 3.63) is 70.5 Å². The maximum Gasteiger partial charge on any atom is 0.194 e. The van der Waals surface area contributed by atoms with Gasteiger partial charge in [0.1, 0.15) is 5.60 Å². The summed E-state index contributed by atoms with van der Waals surface area (Å²) in [5.41, 5.74) is -0.355. The van der Waals surface area contributed by atoms with Crippen molar-refractivity contribution in [2.45, 2.75) is 31.3 Å². The molecular formula is C17H15F3O. The Morgan fingerprint density at radius 2 is 1.71 bits per heavy atom. The van der Waals surface area contributed by atoms with E-state index in [-0.39, 0.29) is 17.9 Å². The van der Waals surface area contributed by atoms with Crippen molar-refractivity contribution in [3.63, 3.8) is 0 Å². The first-order valence-corrected chi connectivity index (χ1v) is 6.91. The van der Waals surface area contributed by atoms with Gasteiger partial charge in [-0.25, -0.2) is 13.2 Å². The Balaban J connectivity index is 2.23. The molecule has 1 nitrogen and oxygen atoms in total. The minimum absolute atomic E-state index is 0.208. The van der Waals surface area contributed by atoms with E-state index in [0.29, 0.717) is 12.0 Å². The highest BCUT2D eigenvalue weighted by Crippen LogP contribution is 2.45. The van der Waals surface area contributed by atoms with Crippen LogP contribution in [0.3, 0.4) is 0 Å². The zero-order chi connectivity index (χ0) is 15.2. The van der Waals surface area contributed by atoms with E-state index in [9.17, 15) is 18.3 Å². The first-order chi connectivity index (χ1) is 9.95. The van der Waals surface area contributed by atoms with Crippen molar-refractivity contribution in [2.24, 2.45) is 0 Å². The molecule has 0 radical (unpaired) electrons. The molecule has 0 saturated heterocycles. The minimum Gasteiger partial charge on any atom is -0.380 e. The van der Waals surface area contributed by atoms with Crippen LogP contribution in [-0.4, -0.2) is 5.11 Å². The van der Waals surface area contributed by atoms with Gasteiger partial charge in [0, 0.05) is 5.56 Å². The Morgan fingerprint density at radius 3 is 2.48 bits per heavy atom. The second-order valence-corrected chi connectivity index (χ2v) is 5.61. The summed E-state index contributed by atoms with van der Waals surface area (Å²) in [7, 11) is 0. The maximum atomic E-state index is 14.1. The molecular weight excluding hydrogens is 277 g/mol.